The third-order valence-electron chi connectivity index (χ3n) is 2.91. The van der Waals surface area contributed by atoms with Crippen LogP contribution in [0.4, 0.5) is 4.39 Å². The zero-order valence-corrected chi connectivity index (χ0v) is 9.49. The van der Waals surface area contributed by atoms with Crippen LogP contribution in [-0.2, 0) is 0 Å². The Bertz CT molecular complexity index is 359. The normalized spacial score (nSPS) is 22.0. The number of allylic oxidation sites excluding steroid dienone is 1. The molecule has 0 aromatic carbocycles. The lowest BCUT2D eigenvalue weighted by Gasteiger charge is -2.22. The van der Waals surface area contributed by atoms with Gasteiger partial charge in [-0.3, -0.25) is 4.98 Å². The molecule has 16 heavy (non-hydrogen) atoms. The average molecular weight is 220 g/mol. The predicted molar refractivity (Wildman–Crippen MR) is 62.5 cm³/mol. The van der Waals surface area contributed by atoms with E-state index in [1.807, 2.05) is 0 Å². The van der Waals surface area contributed by atoms with Crippen LogP contribution in [0.15, 0.2) is 30.5 Å². The zero-order chi connectivity index (χ0) is 11.4. The summed E-state index contributed by atoms with van der Waals surface area (Å²) in [6.45, 7) is 2.06. The molecule has 0 saturated heterocycles. The minimum absolute atomic E-state index is 0.161. The summed E-state index contributed by atoms with van der Waals surface area (Å²) >= 11 is 0. The van der Waals surface area contributed by atoms with Gasteiger partial charge in [0.2, 0.25) is 0 Å². The number of hydrogen-bond donors (Lipinski definition) is 1. The number of hydrogen-bond acceptors (Lipinski definition) is 2. The number of halogens is 1. The van der Waals surface area contributed by atoms with E-state index in [-0.39, 0.29) is 11.9 Å². The van der Waals surface area contributed by atoms with Gasteiger partial charge in [0.05, 0.1) is 11.9 Å². The highest BCUT2D eigenvalue weighted by Crippen LogP contribution is 2.15. The minimum Gasteiger partial charge on any atom is -0.303 e. The van der Waals surface area contributed by atoms with Gasteiger partial charge in [-0.1, -0.05) is 12.2 Å². The highest BCUT2D eigenvalue weighted by Gasteiger charge is 2.13. The molecule has 0 aliphatic heterocycles. The molecule has 2 unspecified atom stereocenters. The Labute approximate surface area is 95.6 Å². The van der Waals surface area contributed by atoms with E-state index in [2.05, 4.69) is 29.4 Å². The Balaban J connectivity index is 1.96. The smallest absolute Gasteiger partial charge is 0.141 e. The SMILES string of the molecule is CC(NC1C=CCCC1)c1ccc(F)cn1. The van der Waals surface area contributed by atoms with Crippen LogP contribution in [0.5, 0.6) is 0 Å². The molecule has 2 nitrogen and oxygen atoms in total. The second-order valence-electron chi connectivity index (χ2n) is 4.26. The largest absolute Gasteiger partial charge is 0.303 e. The van der Waals surface area contributed by atoms with E-state index < -0.39 is 0 Å². The summed E-state index contributed by atoms with van der Waals surface area (Å²) in [6.07, 6.45) is 9.28. The first-order valence-electron chi connectivity index (χ1n) is 5.80. The lowest BCUT2D eigenvalue weighted by atomic mass is 10.0. The van der Waals surface area contributed by atoms with Crippen LogP contribution in [-0.4, -0.2) is 11.0 Å². The second-order valence-corrected chi connectivity index (χ2v) is 4.26. The van der Waals surface area contributed by atoms with Crippen molar-refractivity contribution >= 4 is 0 Å². The molecule has 0 saturated carbocycles. The Hall–Kier alpha value is -1.22. The predicted octanol–water partition coefficient (Wildman–Crippen LogP) is 2.98. The topological polar surface area (TPSA) is 24.9 Å². The van der Waals surface area contributed by atoms with Crippen LogP contribution in [0.3, 0.4) is 0 Å². The Kier molecular flexibility index (Phi) is 3.67. The van der Waals surface area contributed by atoms with Crippen molar-refractivity contribution in [3.05, 3.63) is 42.0 Å². The summed E-state index contributed by atoms with van der Waals surface area (Å²) in [5.74, 6) is -0.284. The van der Waals surface area contributed by atoms with Crippen molar-refractivity contribution in [2.45, 2.75) is 38.3 Å². The average Bonchev–Trinajstić information content (AvgIpc) is 2.31. The van der Waals surface area contributed by atoms with Gasteiger partial charge in [0, 0.05) is 12.1 Å². The van der Waals surface area contributed by atoms with Gasteiger partial charge in [-0.2, -0.15) is 0 Å². The van der Waals surface area contributed by atoms with Gasteiger partial charge in [-0.15, -0.1) is 0 Å². The van der Waals surface area contributed by atoms with Gasteiger partial charge >= 0.3 is 0 Å². The fourth-order valence-corrected chi connectivity index (χ4v) is 2.00. The lowest BCUT2D eigenvalue weighted by molar-refractivity contribution is 0.460. The number of nitrogens with one attached hydrogen (secondary N) is 1. The molecule has 86 valence electrons. The van der Waals surface area contributed by atoms with Gasteiger partial charge in [0.1, 0.15) is 5.82 Å². The minimum atomic E-state index is -0.284. The van der Waals surface area contributed by atoms with E-state index in [0.29, 0.717) is 6.04 Å². The Morgan fingerprint density at radius 2 is 2.38 bits per heavy atom. The number of nitrogens with zero attached hydrogens (tertiary/aromatic N) is 1. The van der Waals surface area contributed by atoms with Gasteiger partial charge in [-0.25, -0.2) is 4.39 Å². The third kappa shape index (κ3) is 2.89. The second kappa shape index (κ2) is 5.21. The molecule has 1 aliphatic carbocycles. The monoisotopic (exact) mass is 220 g/mol. The molecular formula is C13H17FN2. The molecule has 0 spiro atoms. The van der Waals surface area contributed by atoms with Crippen LogP contribution >= 0.6 is 0 Å². The van der Waals surface area contributed by atoms with E-state index in [4.69, 9.17) is 0 Å². The third-order valence-corrected chi connectivity index (χ3v) is 2.91. The molecular weight excluding hydrogens is 203 g/mol. The molecule has 3 heteroatoms. The summed E-state index contributed by atoms with van der Waals surface area (Å²) in [7, 11) is 0. The first-order chi connectivity index (χ1) is 7.75. The summed E-state index contributed by atoms with van der Waals surface area (Å²) in [4.78, 5) is 4.08. The highest BCUT2D eigenvalue weighted by atomic mass is 19.1. The van der Waals surface area contributed by atoms with Crippen LogP contribution in [0.25, 0.3) is 0 Å². The van der Waals surface area contributed by atoms with E-state index >= 15 is 0 Å². The maximum Gasteiger partial charge on any atom is 0.141 e. The fraction of sp³-hybridized carbons (Fsp3) is 0.462. The Morgan fingerprint density at radius 1 is 1.50 bits per heavy atom. The van der Waals surface area contributed by atoms with Crippen molar-refractivity contribution in [3.8, 4) is 0 Å². The molecule has 0 radical (unpaired) electrons. The van der Waals surface area contributed by atoms with E-state index in [9.17, 15) is 4.39 Å². The molecule has 1 aliphatic rings. The number of pyridine rings is 1. The van der Waals surface area contributed by atoms with Gasteiger partial charge in [-0.05, 0) is 38.3 Å². The molecule has 0 amide bonds. The molecule has 2 atom stereocenters. The lowest BCUT2D eigenvalue weighted by Crippen LogP contribution is -2.31. The first kappa shape index (κ1) is 11.3. The van der Waals surface area contributed by atoms with Crippen molar-refractivity contribution in [1.29, 1.82) is 0 Å². The summed E-state index contributed by atoms with van der Waals surface area (Å²) in [6, 6.07) is 3.78. The van der Waals surface area contributed by atoms with Crippen LogP contribution in [0.1, 0.15) is 37.9 Å². The highest BCUT2D eigenvalue weighted by molar-refractivity contribution is 5.10. The quantitative estimate of drug-likeness (QED) is 0.792. The maximum absolute atomic E-state index is 12.7. The first-order valence-corrected chi connectivity index (χ1v) is 5.80. The van der Waals surface area contributed by atoms with E-state index in [1.165, 1.54) is 31.5 Å². The number of aromatic nitrogens is 1. The van der Waals surface area contributed by atoms with Crippen molar-refractivity contribution in [2.75, 3.05) is 0 Å². The molecule has 2 rings (SSSR count). The van der Waals surface area contributed by atoms with Crippen LogP contribution in [0, 0.1) is 5.82 Å². The molecule has 1 aromatic heterocycles. The van der Waals surface area contributed by atoms with Crippen molar-refractivity contribution in [3.63, 3.8) is 0 Å². The zero-order valence-electron chi connectivity index (χ0n) is 9.49. The van der Waals surface area contributed by atoms with E-state index in [0.717, 1.165) is 5.69 Å². The summed E-state index contributed by atoms with van der Waals surface area (Å²) in [5.41, 5.74) is 0.889. The standard InChI is InChI=1S/C13H17FN2/c1-10(13-8-7-11(14)9-15-13)16-12-5-3-2-4-6-12/h3,5,7-10,12,16H,2,4,6H2,1H3. The van der Waals surface area contributed by atoms with Crippen molar-refractivity contribution in [2.24, 2.45) is 0 Å². The van der Waals surface area contributed by atoms with Gasteiger partial charge in [0.25, 0.3) is 0 Å². The summed E-state index contributed by atoms with van der Waals surface area (Å²) < 4.78 is 12.7. The fourth-order valence-electron chi connectivity index (χ4n) is 2.00. The molecule has 0 bridgehead atoms. The van der Waals surface area contributed by atoms with Gasteiger partial charge in [0.15, 0.2) is 0 Å². The molecule has 1 N–H and O–H groups in total. The number of rotatable bonds is 3. The maximum atomic E-state index is 12.7. The van der Waals surface area contributed by atoms with Crippen molar-refractivity contribution in [1.82, 2.24) is 10.3 Å². The van der Waals surface area contributed by atoms with E-state index in [1.54, 1.807) is 6.07 Å². The van der Waals surface area contributed by atoms with Crippen molar-refractivity contribution < 1.29 is 4.39 Å². The van der Waals surface area contributed by atoms with Crippen LogP contribution in [0.2, 0.25) is 0 Å². The van der Waals surface area contributed by atoms with Crippen LogP contribution < -0.4 is 5.32 Å². The molecule has 0 fully saturated rings. The summed E-state index contributed by atoms with van der Waals surface area (Å²) in [5, 5.41) is 3.48. The molecule has 1 heterocycles. The molecule has 1 aromatic rings. The van der Waals surface area contributed by atoms with Gasteiger partial charge < -0.3 is 5.32 Å². The Morgan fingerprint density at radius 3 is 3.00 bits per heavy atom.